The monoisotopic (exact) mass is 537 g/mol. The number of nitriles is 1. The zero-order valence-corrected chi connectivity index (χ0v) is 22.2. The van der Waals surface area contributed by atoms with Gasteiger partial charge in [0.25, 0.3) is 0 Å². The lowest BCUT2D eigenvalue weighted by molar-refractivity contribution is -0.161. The molecule has 204 valence electrons. The topological polar surface area (TPSA) is 95.9 Å². The predicted molar refractivity (Wildman–Crippen MR) is 142 cm³/mol. The van der Waals surface area contributed by atoms with Crippen LogP contribution in [0.2, 0.25) is 0 Å². The molecule has 2 heterocycles. The number of aromatic nitrogens is 2. The lowest BCUT2D eigenvalue weighted by Gasteiger charge is -2.29. The number of halogens is 3. The van der Waals surface area contributed by atoms with E-state index in [-0.39, 0.29) is 17.9 Å². The van der Waals surface area contributed by atoms with E-state index in [1.165, 1.54) is 12.1 Å². The molecule has 5 rings (SSSR count). The van der Waals surface area contributed by atoms with Crippen molar-refractivity contribution in [2.45, 2.75) is 63.8 Å². The Hall–Kier alpha value is -3.84. The van der Waals surface area contributed by atoms with Crippen LogP contribution in [0.1, 0.15) is 50.5 Å². The number of alkyl halides is 3. The van der Waals surface area contributed by atoms with Gasteiger partial charge in [0.2, 0.25) is 5.91 Å². The number of carbonyl (C=O) groups excluding carboxylic acids is 1. The standard InChI is InChI=1S/C29H30F3N5O2/c1-16(2)11-22(27(38)36-28(15-33)9-10-28)35-26(29(30,31)32)19-5-7-20-21-12-18(23-14-37(4)17(3)34-23)6-8-24(21)39-25(20)13-19/h5-8,12-14,16,22,26,35H,9-11H2,1-4H3,(H,36,38)/t22-,26-/m0/s1. The second-order valence-electron chi connectivity index (χ2n) is 10.9. The highest BCUT2D eigenvalue weighted by Crippen LogP contribution is 2.39. The van der Waals surface area contributed by atoms with Gasteiger partial charge in [-0.3, -0.25) is 10.1 Å². The van der Waals surface area contributed by atoms with Gasteiger partial charge in [0.15, 0.2) is 0 Å². The number of imidazole rings is 1. The normalized spacial score (nSPS) is 16.4. The van der Waals surface area contributed by atoms with Crippen LogP contribution in [0.4, 0.5) is 13.2 Å². The molecule has 4 aromatic rings. The van der Waals surface area contributed by atoms with Crippen LogP contribution in [0.3, 0.4) is 0 Å². The minimum Gasteiger partial charge on any atom is -0.456 e. The lowest BCUT2D eigenvalue weighted by atomic mass is 9.98. The summed E-state index contributed by atoms with van der Waals surface area (Å²) in [5, 5.41) is 16.0. The van der Waals surface area contributed by atoms with E-state index >= 15 is 0 Å². The summed E-state index contributed by atoms with van der Waals surface area (Å²) < 4.78 is 51.0. The SMILES string of the molecule is Cc1nc(-c2ccc3oc4cc([C@H](N[C@@H](CC(C)C)C(=O)NC5(C#N)CC5)C(F)(F)F)ccc4c3c2)cn1C. The number of nitrogens with zero attached hydrogens (tertiary/aromatic N) is 3. The quantitative estimate of drug-likeness (QED) is 0.284. The molecule has 1 fully saturated rings. The molecule has 1 amide bonds. The minimum atomic E-state index is -4.67. The highest BCUT2D eigenvalue weighted by Gasteiger charge is 2.47. The Morgan fingerprint density at radius 3 is 2.51 bits per heavy atom. The van der Waals surface area contributed by atoms with E-state index in [1.54, 1.807) is 12.1 Å². The number of aryl methyl sites for hydroxylation is 2. The maximum atomic E-state index is 14.4. The third-order valence-electron chi connectivity index (χ3n) is 7.28. The fourth-order valence-corrected chi connectivity index (χ4v) is 4.85. The van der Waals surface area contributed by atoms with Gasteiger partial charge in [0.05, 0.1) is 17.8 Å². The van der Waals surface area contributed by atoms with Gasteiger partial charge in [-0.1, -0.05) is 26.0 Å². The van der Waals surface area contributed by atoms with E-state index in [1.807, 2.05) is 50.7 Å². The third-order valence-corrected chi connectivity index (χ3v) is 7.28. The molecule has 1 saturated carbocycles. The summed E-state index contributed by atoms with van der Waals surface area (Å²) in [5.41, 5.74) is 1.52. The Morgan fingerprint density at radius 2 is 1.92 bits per heavy atom. The average molecular weight is 538 g/mol. The highest BCUT2D eigenvalue weighted by molar-refractivity contribution is 6.06. The van der Waals surface area contributed by atoms with Crippen LogP contribution in [0, 0.1) is 24.2 Å². The minimum absolute atomic E-state index is 0.0469. The van der Waals surface area contributed by atoms with Crippen molar-refractivity contribution < 1.29 is 22.4 Å². The molecular formula is C29H30F3N5O2. The Labute approximate surface area is 224 Å². The number of amides is 1. The molecule has 1 aliphatic carbocycles. The number of carbonyl (C=O) groups is 1. The predicted octanol–water partition coefficient (Wildman–Crippen LogP) is 6.08. The van der Waals surface area contributed by atoms with Crippen LogP contribution in [0.25, 0.3) is 33.2 Å². The third kappa shape index (κ3) is 5.36. The van der Waals surface area contributed by atoms with Crippen molar-refractivity contribution in [1.82, 2.24) is 20.2 Å². The van der Waals surface area contributed by atoms with Crippen LogP contribution in [-0.4, -0.2) is 33.2 Å². The Balaban J connectivity index is 1.48. The molecule has 0 radical (unpaired) electrons. The second-order valence-corrected chi connectivity index (χ2v) is 10.9. The van der Waals surface area contributed by atoms with Gasteiger partial charge in [-0.25, -0.2) is 4.98 Å². The van der Waals surface area contributed by atoms with Gasteiger partial charge in [0, 0.05) is 29.6 Å². The van der Waals surface area contributed by atoms with E-state index < -0.39 is 29.7 Å². The van der Waals surface area contributed by atoms with Gasteiger partial charge in [-0.05, 0) is 61.9 Å². The molecule has 2 atom stereocenters. The van der Waals surface area contributed by atoms with Gasteiger partial charge >= 0.3 is 6.18 Å². The summed E-state index contributed by atoms with van der Waals surface area (Å²) >= 11 is 0. The number of hydrogen-bond donors (Lipinski definition) is 2. The highest BCUT2D eigenvalue weighted by atomic mass is 19.4. The summed E-state index contributed by atoms with van der Waals surface area (Å²) in [6.07, 6.45) is -1.58. The smallest absolute Gasteiger partial charge is 0.407 e. The van der Waals surface area contributed by atoms with Crippen LogP contribution in [0.5, 0.6) is 0 Å². The first-order valence-electron chi connectivity index (χ1n) is 12.9. The van der Waals surface area contributed by atoms with E-state index in [9.17, 15) is 23.2 Å². The number of rotatable bonds is 8. The fraction of sp³-hybridized carbons (Fsp3) is 0.414. The zero-order valence-electron chi connectivity index (χ0n) is 22.2. The first kappa shape index (κ1) is 26.8. The molecule has 0 aliphatic heterocycles. The van der Waals surface area contributed by atoms with Gasteiger partial charge in [-0.15, -0.1) is 0 Å². The van der Waals surface area contributed by atoms with Crippen molar-refractivity contribution >= 4 is 27.8 Å². The first-order valence-corrected chi connectivity index (χ1v) is 12.9. The number of benzene rings is 2. The number of hydrogen-bond acceptors (Lipinski definition) is 5. The number of furan rings is 1. The van der Waals surface area contributed by atoms with Crippen LogP contribution >= 0.6 is 0 Å². The van der Waals surface area contributed by atoms with Gasteiger partial charge in [0.1, 0.15) is 28.6 Å². The lowest BCUT2D eigenvalue weighted by Crippen LogP contribution is -2.52. The number of fused-ring (bicyclic) bond motifs is 3. The molecule has 0 spiro atoms. The van der Waals surface area contributed by atoms with Crippen LogP contribution < -0.4 is 10.6 Å². The van der Waals surface area contributed by atoms with E-state index in [0.29, 0.717) is 29.4 Å². The molecule has 10 heteroatoms. The summed E-state index contributed by atoms with van der Waals surface area (Å²) in [7, 11) is 1.91. The first-order chi connectivity index (χ1) is 18.4. The van der Waals surface area contributed by atoms with Crippen molar-refractivity contribution in [3.8, 4) is 17.3 Å². The van der Waals surface area contributed by atoms with Crippen LogP contribution in [-0.2, 0) is 11.8 Å². The summed E-state index contributed by atoms with van der Waals surface area (Å²) in [6, 6.07) is 8.84. The molecule has 1 aliphatic rings. The Kier molecular flexibility index (Phi) is 6.67. The zero-order chi connectivity index (χ0) is 28.1. The summed E-state index contributed by atoms with van der Waals surface area (Å²) in [4.78, 5) is 17.5. The average Bonchev–Trinajstić information content (AvgIpc) is 3.43. The molecule has 0 saturated heterocycles. The van der Waals surface area contributed by atoms with Crippen molar-refractivity contribution in [2.75, 3.05) is 0 Å². The Morgan fingerprint density at radius 1 is 1.18 bits per heavy atom. The number of nitrogens with one attached hydrogen (secondary N) is 2. The van der Waals surface area contributed by atoms with Crippen LogP contribution in [0.15, 0.2) is 47.0 Å². The van der Waals surface area contributed by atoms with Crippen molar-refractivity contribution in [3.05, 3.63) is 54.0 Å². The van der Waals surface area contributed by atoms with Crippen molar-refractivity contribution in [3.63, 3.8) is 0 Å². The molecule has 39 heavy (non-hydrogen) atoms. The molecule has 7 nitrogen and oxygen atoms in total. The molecule has 0 bridgehead atoms. The van der Waals surface area contributed by atoms with Crippen molar-refractivity contribution in [2.24, 2.45) is 13.0 Å². The Bertz CT molecular complexity index is 1570. The van der Waals surface area contributed by atoms with Gasteiger partial charge in [-0.2, -0.15) is 18.4 Å². The van der Waals surface area contributed by atoms with E-state index in [2.05, 4.69) is 21.7 Å². The maximum Gasteiger partial charge on any atom is 0.407 e. The molecule has 2 N–H and O–H groups in total. The van der Waals surface area contributed by atoms with E-state index in [0.717, 1.165) is 22.5 Å². The van der Waals surface area contributed by atoms with Crippen molar-refractivity contribution in [1.29, 1.82) is 5.26 Å². The maximum absolute atomic E-state index is 14.4. The molecule has 0 unspecified atom stereocenters. The summed E-state index contributed by atoms with van der Waals surface area (Å²) in [5.74, 6) is 0.218. The summed E-state index contributed by atoms with van der Waals surface area (Å²) in [6.45, 7) is 5.58. The molecule has 2 aromatic carbocycles. The second kappa shape index (κ2) is 9.72. The molecular weight excluding hydrogens is 507 g/mol. The van der Waals surface area contributed by atoms with E-state index in [4.69, 9.17) is 4.42 Å². The fourth-order valence-electron chi connectivity index (χ4n) is 4.85. The largest absolute Gasteiger partial charge is 0.456 e. The molecule has 2 aromatic heterocycles. The van der Waals surface area contributed by atoms with Gasteiger partial charge < -0.3 is 14.3 Å².